The summed E-state index contributed by atoms with van der Waals surface area (Å²) in [6, 6.07) is 4.65. The van der Waals surface area contributed by atoms with Gasteiger partial charge < -0.3 is 19.5 Å². The zero-order valence-electron chi connectivity index (χ0n) is 15.9. The number of ether oxygens (including phenoxy) is 2. The van der Waals surface area contributed by atoms with E-state index in [1.807, 2.05) is 4.90 Å². The minimum Gasteiger partial charge on any atom is -0.389 e. The maximum atomic E-state index is 14.3. The number of anilines is 1. The van der Waals surface area contributed by atoms with Crippen molar-refractivity contribution in [3.63, 3.8) is 0 Å². The average Bonchev–Trinajstić information content (AvgIpc) is 3.16. The molecular formula is C20H29FN2O4. The van der Waals surface area contributed by atoms with E-state index in [0.29, 0.717) is 44.1 Å². The molecule has 2 atom stereocenters. The molecule has 0 aromatic heterocycles. The van der Waals surface area contributed by atoms with Crippen molar-refractivity contribution in [3.8, 4) is 0 Å². The minimum atomic E-state index is -0.537. The molecule has 2 aliphatic heterocycles. The third-order valence-corrected chi connectivity index (χ3v) is 5.17. The Hall–Kier alpha value is -1.54. The second-order valence-corrected chi connectivity index (χ2v) is 7.34. The Morgan fingerprint density at radius 2 is 2.15 bits per heavy atom. The molecule has 2 saturated heterocycles. The number of rotatable bonds is 8. The predicted molar refractivity (Wildman–Crippen MR) is 101 cm³/mol. The largest absolute Gasteiger partial charge is 0.389 e. The zero-order valence-corrected chi connectivity index (χ0v) is 15.9. The van der Waals surface area contributed by atoms with Crippen LogP contribution in [0.4, 0.5) is 10.1 Å². The van der Waals surface area contributed by atoms with Gasteiger partial charge in [-0.3, -0.25) is 9.69 Å². The Morgan fingerprint density at radius 3 is 2.78 bits per heavy atom. The summed E-state index contributed by atoms with van der Waals surface area (Å²) in [5, 5.41) is 10.2. The number of aliphatic hydroxyl groups excluding tert-OH is 1. The van der Waals surface area contributed by atoms with Crippen LogP contribution in [-0.2, 0) is 9.47 Å². The normalized spacial score (nSPS) is 22.2. The van der Waals surface area contributed by atoms with Crippen LogP contribution in [0.2, 0.25) is 0 Å². The number of ketones is 1. The monoisotopic (exact) mass is 380 g/mol. The first-order chi connectivity index (χ1) is 13.0. The van der Waals surface area contributed by atoms with E-state index >= 15 is 0 Å². The lowest BCUT2D eigenvalue weighted by atomic mass is 10.1. The van der Waals surface area contributed by atoms with Crippen LogP contribution in [-0.4, -0.2) is 80.5 Å². The van der Waals surface area contributed by atoms with Gasteiger partial charge in [0.15, 0.2) is 5.78 Å². The highest BCUT2D eigenvalue weighted by atomic mass is 19.1. The molecule has 7 heteroatoms. The van der Waals surface area contributed by atoms with Gasteiger partial charge in [0.1, 0.15) is 5.82 Å². The van der Waals surface area contributed by atoms with E-state index in [-0.39, 0.29) is 17.7 Å². The first-order valence-corrected chi connectivity index (χ1v) is 9.68. The van der Waals surface area contributed by atoms with E-state index < -0.39 is 6.10 Å². The van der Waals surface area contributed by atoms with Crippen LogP contribution in [0, 0.1) is 5.82 Å². The second-order valence-electron chi connectivity index (χ2n) is 7.34. The van der Waals surface area contributed by atoms with Gasteiger partial charge in [0, 0.05) is 44.9 Å². The Kier molecular flexibility index (Phi) is 7.18. The number of β-amino-alcohol motifs (C(OH)–C–C–N with tert-alkyl or cyclic N) is 1. The summed E-state index contributed by atoms with van der Waals surface area (Å²) < 4.78 is 25.4. The van der Waals surface area contributed by atoms with Gasteiger partial charge in [0.2, 0.25) is 0 Å². The summed E-state index contributed by atoms with van der Waals surface area (Å²) in [4.78, 5) is 15.5. The molecule has 0 spiro atoms. The van der Waals surface area contributed by atoms with Crippen molar-refractivity contribution in [2.45, 2.75) is 32.0 Å². The van der Waals surface area contributed by atoms with E-state index in [4.69, 9.17) is 9.47 Å². The molecule has 6 nitrogen and oxygen atoms in total. The number of piperazine rings is 1. The number of benzene rings is 1. The zero-order chi connectivity index (χ0) is 19.2. The number of carbonyl (C=O) groups excluding carboxylic acids is 1. The van der Waals surface area contributed by atoms with Crippen LogP contribution in [0.25, 0.3) is 0 Å². The van der Waals surface area contributed by atoms with Crippen molar-refractivity contribution in [2.24, 2.45) is 0 Å². The molecule has 1 aromatic rings. The van der Waals surface area contributed by atoms with Crippen LogP contribution in [0.1, 0.15) is 30.1 Å². The van der Waals surface area contributed by atoms with E-state index in [0.717, 1.165) is 32.5 Å². The number of Topliss-reactive ketones (excluding diaryl/α,β-unsaturated/α-hetero) is 1. The first kappa shape index (κ1) is 20.2. The summed E-state index contributed by atoms with van der Waals surface area (Å²) in [5.41, 5.74) is 0.918. The van der Waals surface area contributed by atoms with E-state index in [2.05, 4.69) is 4.90 Å². The van der Waals surface area contributed by atoms with Gasteiger partial charge in [-0.15, -0.1) is 0 Å². The maximum Gasteiger partial charge on any atom is 0.159 e. The molecule has 0 amide bonds. The molecule has 2 fully saturated rings. The molecular weight excluding hydrogens is 351 g/mol. The van der Waals surface area contributed by atoms with E-state index in [1.165, 1.54) is 13.0 Å². The van der Waals surface area contributed by atoms with Gasteiger partial charge in [-0.25, -0.2) is 4.39 Å². The second kappa shape index (κ2) is 9.59. The molecule has 0 bridgehead atoms. The van der Waals surface area contributed by atoms with Gasteiger partial charge in [-0.05, 0) is 38.0 Å². The number of carbonyl (C=O) groups is 1. The van der Waals surface area contributed by atoms with Crippen molar-refractivity contribution >= 4 is 11.5 Å². The molecule has 27 heavy (non-hydrogen) atoms. The Bertz CT molecular complexity index is 628. The van der Waals surface area contributed by atoms with Crippen molar-refractivity contribution in [1.29, 1.82) is 0 Å². The minimum absolute atomic E-state index is 0.138. The molecule has 0 aliphatic carbocycles. The van der Waals surface area contributed by atoms with E-state index in [9.17, 15) is 14.3 Å². The number of halogens is 1. The number of nitrogens with zero attached hydrogens (tertiary/aromatic N) is 2. The highest BCUT2D eigenvalue weighted by Crippen LogP contribution is 2.22. The summed E-state index contributed by atoms with van der Waals surface area (Å²) in [6.45, 7) is 6.49. The topological polar surface area (TPSA) is 62.2 Å². The molecule has 1 aromatic carbocycles. The molecule has 150 valence electrons. The van der Waals surface area contributed by atoms with Crippen LogP contribution >= 0.6 is 0 Å². The van der Waals surface area contributed by atoms with Crippen molar-refractivity contribution in [3.05, 3.63) is 29.6 Å². The number of hydrogen-bond donors (Lipinski definition) is 1. The van der Waals surface area contributed by atoms with Crippen LogP contribution < -0.4 is 4.90 Å². The average molecular weight is 380 g/mol. The van der Waals surface area contributed by atoms with Gasteiger partial charge in [-0.1, -0.05) is 0 Å². The Balaban J connectivity index is 1.40. The van der Waals surface area contributed by atoms with Crippen LogP contribution in [0.5, 0.6) is 0 Å². The van der Waals surface area contributed by atoms with E-state index in [1.54, 1.807) is 12.1 Å². The molecule has 0 radical (unpaired) electrons. The Morgan fingerprint density at radius 1 is 1.37 bits per heavy atom. The fraction of sp³-hybridized carbons (Fsp3) is 0.650. The van der Waals surface area contributed by atoms with Crippen molar-refractivity contribution < 1.29 is 23.8 Å². The molecule has 3 rings (SSSR count). The highest BCUT2D eigenvalue weighted by Gasteiger charge is 2.22. The highest BCUT2D eigenvalue weighted by molar-refractivity contribution is 5.94. The molecule has 2 aliphatic rings. The number of hydrogen-bond acceptors (Lipinski definition) is 6. The summed E-state index contributed by atoms with van der Waals surface area (Å²) in [5.74, 6) is -0.500. The third kappa shape index (κ3) is 5.72. The lowest BCUT2D eigenvalue weighted by molar-refractivity contribution is -0.0254. The summed E-state index contributed by atoms with van der Waals surface area (Å²) in [6.07, 6.45) is 1.75. The molecule has 1 N–H and O–H groups in total. The fourth-order valence-electron chi connectivity index (χ4n) is 3.62. The molecule has 2 unspecified atom stereocenters. The Labute approximate surface area is 159 Å². The SMILES string of the molecule is CC(=O)c1ccc(N2CCN(CC(O)COCC3CCCO3)CC2)c(F)c1. The standard InChI is InChI=1S/C20H29FN2O4/c1-15(24)16-4-5-20(19(21)11-16)23-8-6-22(7-9-23)12-17(25)13-26-14-18-3-2-10-27-18/h4-5,11,17-18,25H,2-3,6-10,12-14H2,1H3. The van der Waals surface area contributed by atoms with Crippen LogP contribution in [0.15, 0.2) is 18.2 Å². The maximum absolute atomic E-state index is 14.3. The summed E-state index contributed by atoms with van der Waals surface area (Å²) >= 11 is 0. The van der Waals surface area contributed by atoms with Crippen molar-refractivity contribution in [2.75, 3.05) is 57.4 Å². The third-order valence-electron chi connectivity index (χ3n) is 5.17. The lowest BCUT2D eigenvalue weighted by Crippen LogP contribution is -2.49. The summed E-state index contributed by atoms with van der Waals surface area (Å²) in [7, 11) is 0. The van der Waals surface area contributed by atoms with Crippen molar-refractivity contribution in [1.82, 2.24) is 4.90 Å². The smallest absolute Gasteiger partial charge is 0.159 e. The molecule has 0 saturated carbocycles. The predicted octanol–water partition coefficient (Wildman–Crippen LogP) is 1.71. The quantitative estimate of drug-likeness (QED) is 0.693. The van der Waals surface area contributed by atoms with Gasteiger partial charge in [0.05, 0.1) is 31.1 Å². The van der Waals surface area contributed by atoms with Gasteiger partial charge in [0.25, 0.3) is 0 Å². The van der Waals surface area contributed by atoms with Crippen LogP contribution in [0.3, 0.4) is 0 Å². The lowest BCUT2D eigenvalue weighted by Gasteiger charge is -2.37. The first-order valence-electron chi connectivity index (χ1n) is 9.68. The fourth-order valence-corrected chi connectivity index (χ4v) is 3.62. The number of aliphatic hydroxyl groups is 1. The van der Waals surface area contributed by atoms with Gasteiger partial charge in [-0.2, -0.15) is 0 Å². The molecule has 2 heterocycles. The van der Waals surface area contributed by atoms with Gasteiger partial charge >= 0.3 is 0 Å².